The number of aromatic nitrogens is 2. The third kappa shape index (κ3) is 20.8. The van der Waals surface area contributed by atoms with E-state index in [9.17, 15) is 69.5 Å². The molecule has 9 heterocycles. The number of amides is 10. The first-order valence-corrected chi connectivity index (χ1v) is 42.2. The lowest BCUT2D eigenvalue weighted by atomic mass is 10.0. The highest BCUT2D eigenvalue weighted by molar-refractivity contribution is 8.02. The Morgan fingerprint density at radius 2 is 0.858 bits per heavy atom. The number of imidazole rings is 1. The zero-order chi connectivity index (χ0) is 79.7. The number of aromatic amines is 1. The third-order valence-corrected chi connectivity index (χ3v) is 27.4. The fraction of sp³-hybridized carbons (Fsp3) is 0.506. The zero-order valence-corrected chi connectivity index (χ0v) is 65.9. The average Bonchev–Trinajstić information content (AvgIpc) is 1.38. The van der Waals surface area contributed by atoms with Gasteiger partial charge in [0.2, 0.25) is 35.4 Å². The Balaban J connectivity index is 0.000000158. The van der Waals surface area contributed by atoms with Crippen LogP contribution in [0.2, 0.25) is 0 Å². The molecule has 0 radical (unpaired) electrons. The van der Waals surface area contributed by atoms with Crippen LogP contribution in [-0.4, -0.2) is 211 Å². The van der Waals surface area contributed by atoms with Gasteiger partial charge in [-0.2, -0.15) is 26.3 Å². The number of carbonyl (C=O) groups is 8. The number of H-pyrrole nitrogens is 1. The van der Waals surface area contributed by atoms with Crippen LogP contribution in [0.5, 0.6) is 0 Å². The van der Waals surface area contributed by atoms with E-state index in [1.807, 2.05) is 131 Å². The Hall–Kier alpha value is -8.90. The summed E-state index contributed by atoms with van der Waals surface area (Å²) in [6.07, 6.45) is 3.16. The Morgan fingerprint density at radius 3 is 1.27 bits per heavy atom. The maximum Gasteiger partial charge on any atom is 0.406 e. The molecule has 30 heteroatoms. The number of rotatable bonds is 20. The maximum absolute atomic E-state index is 13.4. The molecule has 8 aliphatic heterocycles. The van der Waals surface area contributed by atoms with E-state index in [0.717, 1.165) is 104 Å². The Bertz CT molecular complexity index is 4390. The van der Waals surface area contributed by atoms with Gasteiger partial charge in [-0.15, -0.1) is 35.3 Å². The van der Waals surface area contributed by atoms with Crippen molar-refractivity contribution in [3.8, 4) is 11.3 Å². The minimum Gasteiger partial charge on any atom is -0.342 e. The summed E-state index contributed by atoms with van der Waals surface area (Å²) in [5.74, 6) is -0.387. The van der Waals surface area contributed by atoms with Crippen molar-refractivity contribution in [3.05, 3.63) is 178 Å². The first-order valence-electron chi connectivity index (χ1n) is 39.4. The van der Waals surface area contributed by atoms with Crippen molar-refractivity contribution in [2.45, 2.75) is 192 Å². The van der Waals surface area contributed by atoms with Crippen molar-refractivity contribution in [1.29, 1.82) is 0 Å². The van der Waals surface area contributed by atoms with Gasteiger partial charge in [-0.05, 0) is 110 Å². The lowest BCUT2D eigenvalue weighted by molar-refractivity contribution is -0.161. The van der Waals surface area contributed by atoms with Crippen molar-refractivity contribution in [2.24, 2.45) is 11.8 Å². The molecule has 6 atom stereocenters. The van der Waals surface area contributed by atoms with Crippen LogP contribution in [0.1, 0.15) is 133 Å². The zero-order valence-electron chi connectivity index (χ0n) is 63.5. The van der Waals surface area contributed by atoms with Gasteiger partial charge < -0.3 is 54.8 Å². The van der Waals surface area contributed by atoms with Gasteiger partial charge in [0.05, 0.1) is 37.6 Å². The molecule has 6 unspecified atom stereocenters. The fourth-order valence-electron chi connectivity index (χ4n) is 16.8. The summed E-state index contributed by atoms with van der Waals surface area (Å²) in [4.78, 5) is 132. The van der Waals surface area contributed by atoms with Crippen molar-refractivity contribution in [2.75, 3.05) is 69.5 Å². The number of piperidine rings is 3. The second-order valence-electron chi connectivity index (χ2n) is 31.1. The van der Waals surface area contributed by atoms with Crippen LogP contribution >= 0.6 is 35.3 Å². The summed E-state index contributed by atoms with van der Waals surface area (Å²) in [5.41, 5.74) is 6.97. The molecule has 1 saturated carbocycles. The summed E-state index contributed by atoms with van der Waals surface area (Å²) >= 11 is 4.03. The van der Waals surface area contributed by atoms with E-state index >= 15 is 0 Å². The minimum absolute atomic E-state index is 0. The number of hydrogen-bond donors (Lipinski definition) is 3. The number of nitrogens with zero attached hydrogens (tertiary/aromatic N) is 9. The van der Waals surface area contributed by atoms with Crippen molar-refractivity contribution < 1.29 is 66.1 Å². The fourth-order valence-corrected chi connectivity index (χ4v) is 21.5. The van der Waals surface area contributed by atoms with E-state index in [4.69, 9.17) is 0 Å². The van der Waals surface area contributed by atoms with Crippen LogP contribution in [0.4, 0.5) is 47.3 Å². The van der Waals surface area contributed by atoms with Crippen LogP contribution in [0.3, 0.4) is 0 Å². The highest BCUT2D eigenvalue weighted by Gasteiger charge is 2.50. The molecule has 21 nitrogen and oxygen atoms in total. The van der Waals surface area contributed by atoms with E-state index in [1.165, 1.54) is 25.7 Å². The second kappa shape index (κ2) is 36.7. The normalized spacial score (nSPS) is 22.8. The van der Waals surface area contributed by atoms with Gasteiger partial charge in [-0.3, -0.25) is 33.3 Å². The van der Waals surface area contributed by atoms with Gasteiger partial charge in [0, 0.05) is 128 Å². The van der Waals surface area contributed by atoms with Crippen LogP contribution in [0.25, 0.3) is 11.3 Å². The molecule has 9 aliphatic rings. The molecule has 3 N–H and O–H groups in total. The highest BCUT2D eigenvalue weighted by Crippen LogP contribution is 2.45. The number of nitrogens with one attached hydrogen (secondary N) is 3. The molecule has 1 aliphatic carbocycles. The second-order valence-corrected chi connectivity index (χ2v) is 35.2. The monoisotopic (exact) mass is 1620 g/mol. The number of hydrogen-bond acceptors (Lipinski definition) is 12. The van der Waals surface area contributed by atoms with Gasteiger partial charge in [0.25, 0.3) is 0 Å². The van der Waals surface area contributed by atoms with Gasteiger partial charge >= 0.3 is 30.1 Å². The van der Waals surface area contributed by atoms with Crippen molar-refractivity contribution in [3.63, 3.8) is 0 Å². The molecule has 5 aromatic carbocycles. The minimum atomic E-state index is -4.53. The number of urea groups is 2. The van der Waals surface area contributed by atoms with Gasteiger partial charge in [0.15, 0.2) is 0 Å². The van der Waals surface area contributed by atoms with E-state index in [-0.39, 0.29) is 97.2 Å². The number of para-hydroxylation sites is 2. The highest BCUT2D eigenvalue weighted by atomic mass is 32.2. The summed E-state index contributed by atoms with van der Waals surface area (Å²) in [6.45, 7) is 6.64. The molecule has 6 aromatic rings. The smallest absolute Gasteiger partial charge is 0.342 e. The molecule has 6 saturated heterocycles. The topological polar surface area (TPSA) is 224 Å². The van der Waals surface area contributed by atoms with Crippen molar-refractivity contribution in [1.82, 2.24) is 48.8 Å². The summed E-state index contributed by atoms with van der Waals surface area (Å²) in [5, 5.41) is 2.83. The Morgan fingerprint density at radius 1 is 0.478 bits per heavy atom. The van der Waals surface area contributed by atoms with Gasteiger partial charge in [-0.1, -0.05) is 154 Å². The summed E-state index contributed by atoms with van der Waals surface area (Å²) in [7, 11) is 0. The van der Waals surface area contributed by atoms with E-state index in [2.05, 4.69) is 40.4 Å². The van der Waals surface area contributed by atoms with Crippen LogP contribution in [-0.2, 0) is 54.7 Å². The molecule has 10 amide bonds. The number of thioether (sulfide) groups is 3. The maximum atomic E-state index is 13.4. The van der Waals surface area contributed by atoms with E-state index in [0.29, 0.717) is 96.3 Å². The molecular formula is C83H100F6N12O9S3. The summed E-state index contributed by atoms with van der Waals surface area (Å²) < 4.78 is 81.3. The van der Waals surface area contributed by atoms with Crippen LogP contribution < -0.4 is 16.3 Å². The molecule has 15 rings (SSSR count). The number of alkyl halides is 6. The first kappa shape index (κ1) is 82.1. The lowest BCUT2D eigenvalue weighted by Gasteiger charge is -2.40. The number of carbonyl (C=O) groups excluding carboxylic acids is 8. The number of halogens is 6. The predicted octanol–water partition coefficient (Wildman–Crippen LogP) is 14.1. The van der Waals surface area contributed by atoms with Gasteiger partial charge in [-0.25, -0.2) is 14.4 Å². The quantitative estimate of drug-likeness (QED) is 0.0607. The molecule has 7 fully saturated rings. The third-order valence-electron chi connectivity index (χ3n) is 22.9. The Kier molecular flexibility index (Phi) is 26.7. The number of fused-ring (bicyclic) bond motifs is 2. The first-order chi connectivity index (χ1) is 54.3. The largest absolute Gasteiger partial charge is 0.406 e. The lowest BCUT2D eigenvalue weighted by Crippen LogP contribution is -2.51. The predicted molar refractivity (Wildman–Crippen MR) is 427 cm³/mol. The summed E-state index contributed by atoms with van der Waals surface area (Å²) in [6, 6.07) is 43.1. The average molecular weight is 1620 g/mol. The number of anilines is 2. The standard InChI is InChI=1S/C28H29F3N4O3S.C28H40N4O3S.C27H29F3N4O3S.H2/c29-28(30,31)18-35-25(15-19-7-3-1-4-8-19)39-23(26(35)37)16-24(36)33-13-11-21(12-14-33)34-17-22(32-27(34)38)20-9-5-2-6-10-20;1-19(2)11-16-31-26(34)24(36-27(31)20-7-3-4-8-20)17-25(33)30-14-12-22(13-15-30)32-18-21-9-5-6-10-23(21)29-28(32)35;28-27(29,30)17-34-24(14-18-6-2-1-3-7-18)38-22(25(34)36)15-23(35)32-12-10-20(11-13-32)33-16-19-8-4-5-9-21(19)31-26(33)37;/h1-10,17,21,23,25H,11-16,18H2,(H,32,38);5-6,9-10,19-20,22,24,27H,3-4,7-8,11-18H2,1-2H3,(H,29,35);1-9,20,22,24H,10-17H2,(H,31,37);1H. The van der Waals surface area contributed by atoms with Crippen LogP contribution in [0.15, 0.2) is 151 Å². The van der Waals surface area contributed by atoms with E-state index in [1.54, 1.807) is 49.4 Å². The molecular weight excluding hydrogens is 1520 g/mol. The molecule has 0 bridgehead atoms. The SMILES string of the molecule is CC(C)CCN1C(=O)C(CC(=O)N2CCC(N3Cc4ccccc4NC3=O)CC2)SC1C1CCCC1.O=C(CC1SC(Cc2ccccc2)N(CC(F)(F)F)C1=O)N1CCC(N2Cc3ccccc3NC2=O)CC1.O=C(CC1SC(Cc2ccccc2)N(CC(F)(F)F)C1=O)N1CCC(n2cc(-c3ccccc3)[nH]c2=O)CC1.[HH]. The number of likely N-dealkylation sites (tertiary alicyclic amines) is 3. The Labute approximate surface area is 668 Å². The number of benzene rings is 5. The van der Waals surface area contributed by atoms with Crippen LogP contribution in [0, 0.1) is 11.8 Å². The molecule has 606 valence electrons. The van der Waals surface area contributed by atoms with Gasteiger partial charge in [0.1, 0.15) is 13.1 Å². The van der Waals surface area contributed by atoms with Crippen molar-refractivity contribution >= 4 is 94.2 Å². The molecule has 0 spiro atoms. The molecule has 113 heavy (non-hydrogen) atoms. The molecule has 1 aromatic heterocycles. The van der Waals surface area contributed by atoms with E-state index < -0.39 is 58.5 Å².